The number of amides is 1. The SMILES string of the molecule is CCCN(CC(=O)N(C)C)S(=O)(=O)c1ccc(Br)cc1. The Hall–Kier alpha value is -0.920. The second-order valence-corrected chi connectivity index (χ2v) is 7.43. The Balaban J connectivity index is 3.05. The lowest BCUT2D eigenvalue weighted by molar-refractivity contribution is -0.128. The van der Waals surface area contributed by atoms with Crippen LogP contribution in [0.4, 0.5) is 0 Å². The van der Waals surface area contributed by atoms with Crippen LogP contribution in [0.2, 0.25) is 0 Å². The fraction of sp³-hybridized carbons (Fsp3) is 0.462. The summed E-state index contributed by atoms with van der Waals surface area (Å²) >= 11 is 3.27. The zero-order valence-corrected chi connectivity index (χ0v) is 14.2. The van der Waals surface area contributed by atoms with Crippen LogP contribution < -0.4 is 0 Å². The molecule has 1 aromatic carbocycles. The molecule has 5 nitrogen and oxygen atoms in total. The lowest BCUT2D eigenvalue weighted by Crippen LogP contribution is -2.40. The Bertz CT molecular complexity index is 555. The van der Waals surface area contributed by atoms with Crippen LogP contribution in [0.5, 0.6) is 0 Å². The Morgan fingerprint density at radius 1 is 1.20 bits per heavy atom. The molecule has 0 saturated heterocycles. The minimum atomic E-state index is -3.64. The van der Waals surface area contributed by atoms with Gasteiger partial charge in [-0.15, -0.1) is 0 Å². The predicted molar refractivity (Wildman–Crippen MR) is 81.9 cm³/mol. The number of carbonyl (C=O) groups excluding carboxylic acids is 1. The molecule has 0 aromatic heterocycles. The van der Waals surface area contributed by atoms with Gasteiger partial charge in [0.05, 0.1) is 11.4 Å². The Labute approximate surface area is 128 Å². The molecule has 0 aliphatic rings. The van der Waals surface area contributed by atoms with E-state index in [4.69, 9.17) is 0 Å². The lowest BCUT2D eigenvalue weighted by atomic mass is 10.4. The Morgan fingerprint density at radius 2 is 1.75 bits per heavy atom. The molecular formula is C13H19BrN2O3S. The van der Waals surface area contributed by atoms with E-state index in [1.165, 1.54) is 21.3 Å². The maximum absolute atomic E-state index is 12.5. The highest BCUT2D eigenvalue weighted by molar-refractivity contribution is 9.10. The maximum Gasteiger partial charge on any atom is 0.243 e. The Kier molecular flexibility index (Phi) is 6.16. The zero-order chi connectivity index (χ0) is 15.3. The molecule has 0 radical (unpaired) electrons. The number of halogens is 1. The van der Waals surface area contributed by atoms with Crippen LogP contribution in [-0.4, -0.2) is 50.7 Å². The normalized spacial score (nSPS) is 11.7. The van der Waals surface area contributed by atoms with Crippen LogP contribution in [0.1, 0.15) is 13.3 Å². The quantitative estimate of drug-likeness (QED) is 0.776. The molecule has 0 spiro atoms. The van der Waals surface area contributed by atoms with Crippen molar-refractivity contribution in [1.29, 1.82) is 0 Å². The second-order valence-electron chi connectivity index (χ2n) is 4.58. The van der Waals surface area contributed by atoms with Crippen molar-refractivity contribution in [3.05, 3.63) is 28.7 Å². The summed E-state index contributed by atoms with van der Waals surface area (Å²) in [4.78, 5) is 13.4. The topological polar surface area (TPSA) is 57.7 Å². The van der Waals surface area contributed by atoms with Crippen LogP contribution >= 0.6 is 15.9 Å². The molecule has 1 rings (SSSR count). The third-order valence-electron chi connectivity index (χ3n) is 2.73. The third kappa shape index (κ3) is 4.29. The highest BCUT2D eigenvalue weighted by Crippen LogP contribution is 2.19. The van der Waals surface area contributed by atoms with Gasteiger partial charge in [-0.2, -0.15) is 4.31 Å². The first-order valence-corrected chi connectivity index (χ1v) is 8.48. The molecule has 7 heteroatoms. The van der Waals surface area contributed by atoms with Gasteiger partial charge >= 0.3 is 0 Å². The summed E-state index contributed by atoms with van der Waals surface area (Å²) < 4.78 is 27.1. The van der Waals surface area contributed by atoms with E-state index in [1.54, 1.807) is 26.2 Å². The van der Waals surface area contributed by atoms with Gasteiger partial charge in [0.1, 0.15) is 0 Å². The van der Waals surface area contributed by atoms with Gasteiger partial charge in [-0.3, -0.25) is 4.79 Å². The number of carbonyl (C=O) groups is 1. The molecule has 0 bridgehead atoms. The van der Waals surface area contributed by atoms with Crippen molar-refractivity contribution in [1.82, 2.24) is 9.21 Å². The van der Waals surface area contributed by atoms with Crippen molar-refractivity contribution in [3.8, 4) is 0 Å². The summed E-state index contributed by atoms with van der Waals surface area (Å²) in [5.41, 5.74) is 0. The average Bonchev–Trinajstić information content (AvgIpc) is 2.38. The van der Waals surface area contributed by atoms with Crippen molar-refractivity contribution in [2.45, 2.75) is 18.2 Å². The van der Waals surface area contributed by atoms with Crippen molar-refractivity contribution in [3.63, 3.8) is 0 Å². The van der Waals surface area contributed by atoms with Crippen molar-refractivity contribution in [2.75, 3.05) is 27.2 Å². The summed E-state index contributed by atoms with van der Waals surface area (Å²) in [6, 6.07) is 6.40. The smallest absolute Gasteiger partial charge is 0.243 e. The van der Waals surface area contributed by atoms with E-state index >= 15 is 0 Å². The van der Waals surface area contributed by atoms with Crippen LogP contribution in [0.3, 0.4) is 0 Å². The molecule has 0 N–H and O–H groups in total. The zero-order valence-electron chi connectivity index (χ0n) is 11.8. The standard InChI is InChI=1S/C13H19BrN2O3S/c1-4-9-16(10-13(17)15(2)3)20(18,19)12-7-5-11(14)6-8-12/h5-8H,4,9-10H2,1-3H3. The lowest BCUT2D eigenvalue weighted by Gasteiger charge is -2.22. The molecule has 0 fully saturated rings. The van der Waals surface area contributed by atoms with Gasteiger partial charge in [0.25, 0.3) is 0 Å². The number of rotatable bonds is 6. The van der Waals surface area contributed by atoms with Gasteiger partial charge in [0.15, 0.2) is 0 Å². The van der Waals surface area contributed by atoms with E-state index in [1.807, 2.05) is 6.92 Å². The molecular weight excluding hydrogens is 344 g/mol. The number of sulfonamides is 1. The molecule has 0 saturated carbocycles. The largest absolute Gasteiger partial charge is 0.348 e. The molecule has 0 heterocycles. The van der Waals surface area contributed by atoms with E-state index in [2.05, 4.69) is 15.9 Å². The molecule has 0 atom stereocenters. The van der Waals surface area contributed by atoms with E-state index in [-0.39, 0.29) is 17.3 Å². The van der Waals surface area contributed by atoms with Crippen LogP contribution in [-0.2, 0) is 14.8 Å². The van der Waals surface area contributed by atoms with E-state index in [0.717, 1.165) is 4.47 Å². The van der Waals surface area contributed by atoms with Crippen LogP contribution in [0, 0.1) is 0 Å². The minimum Gasteiger partial charge on any atom is -0.348 e. The summed E-state index contributed by atoms with van der Waals surface area (Å²) in [6.45, 7) is 2.06. The summed E-state index contributed by atoms with van der Waals surface area (Å²) in [5, 5.41) is 0. The first-order valence-electron chi connectivity index (χ1n) is 6.25. The van der Waals surface area contributed by atoms with E-state index in [9.17, 15) is 13.2 Å². The van der Waals surface area contributed by atoms with E-state index in [0.29, 0.717) is 13.0 Å². The number of nitrogens with zero attached hydrogens (tertiary/aromatic N) is 2. The van der Waals surface area contributed by atoms with Crippen molar-refractivity contribution < 1.29 is 13.2 Å². The highest BCUT2D eigenvalue weighted by Gasteiger charge is 2.26. The first kappa shape index (κ1) is 17.1. The summed E-state index contributed by atoms with van der Waals surface area (Å²) in [7, 11) is -0.424. The molecule has 112 valence electrons. The predicted octanol–water partition coefficient (Wildman–Crippen LogP) is 1.94. The molecule has 1 aromatic rings. The van der Waals surface area contributed by atoms with Gasteiger partial charge in [0, 0.05) is 25.1 Å². The number of hydrogen-bond acceptors (Lipinski definition) is 3. The summed E-state index contributed by atoms with van der Waals surface area (Å²) in [6.07, 6.45) is 0.649. The maximum atomic E-state index is 12.5. The number of benzene rings is 1. The molecule has 1 amide bonds. The third-order valence-corrected chi connectivity index (χ3v) is 5.12. The monoisotopic (exact) mass is 362 g/mol. The fourth-order valence-corrected chi connectivity index (χ4v) is 3.33. The highest BCUT2D eigenvalue weighted by atomic mass is 79.9. The Morgan fingerprint density at radius 3 is 2.20 bits per heavy atom. The van der Waals surface area contributed by atoms with Gasteiger partial charge < -0.3 is 4.90 Å². The van der Waals surface area contributed by atoms with Gasteiger partial charge in [-0.25, -0.2) is 8.42 Å². The number of hydrogen-bond donors (Lipinski definition) is 0. The summed E-state index contributed by atoms with van der Waals surface area (Å²) in [5.74, 6) is -0.237. The van der Waals surface area contributed by atoms with Gasteiger partial charge in [-0.05, 0) is 30.7 Å². The fourth-order valence-electron chi connectivity index (χ4n) is 1.58. The molecule has 0 unspecified atom stereocenters. The van der Waals surface area contributed by atoms with Crippen molar-refractivity contribution >= 4 is 31.9 Å². The molecule has 0 aliphatic heterocycles. The minimum absolute atomic E-state index is 0.140. The average molecular weight is 363 g/mol. The second kappa shape index (κ2) is 7.19. The van der Waals surface area contributed by atoms with Gasteiger partial charge in [-0.1, -0.05) is 22.9 Å². The van der Waals surface area contributed by atoms with Gasteiger partial charge in [0.2, 0.25) is 15.9 Å². The van der Waals surface area contributed by atoms with Crippen molar-refractivity contribution in [2.24, 2.45) is 0 Å². The van der Waals surface area contributed by atoms with Crippen LogP contribution in [0.15, 0.2) is 33.6 Å². The molecule has 20 heavy (non-hydrogen) atoms. The van der Waals surface area contributed by atoms with E-state index < -0.39 is 10.0 Å². The number of likely N-dealkylation sites (N-methyl/N-ethyl adjacent to an activating group) is 1. The molecule has 0 aliphatic carbocycles. The van der Waals surface area contributed by atoms with Crippen LogP contribution in [0.25, 0.3) is 0 Å². The first-order chi connectivity index (χ1) is 9.28.